The fourth-order valence-corrected chi connectivity index (χ4v) is 8.66. The predicted octanol–water partition coefficient (Wildman–Crippen LogP) is -13.3. The second-order valence-electron chi connectivity index (χ2n) is 17.5. The van der Waals surface area contributed by atoms with Gasteiger partial charge in [-0.05, 0) is 0 Å². The fraction of sp³-hybridized carbons (Fsp3) is 0.846. The van der Waals surface area contributed by atoms with Gasteiger partial charge < -0.3 is 153 Å². The number of hydrogen-bond donors (Lipinski definition) is 17. The number of methoxy groups -OCH3 is 3. The highest BCUT2D eigenvalue weighted by atomic mass is 16.8. The van der Waals surface area contributed by atoms with Gasteiger partial charge in [-0.1, -0.05) is 0 Å². The summed E-state index contributed by atoms with van der Waals surface area (Å²) in [5, 5.41) is 180. The summed E-state index contributed by atoms with van der Waals surface area (Å²) in [6.07, 6.45) is -70.6. The van der Waals surface area contributed by atoms with Crippen LogP contribution in [-0.4, -0.2) is 328 Å². The highest BCUT2D eigenvalue weighted by Gasteiger charge is 2.61. The molecule has 6 saturated heterocycles. The largest absolute Gasteiger partial charge is 0.479 e. The smallest absolute Gasteiger partial charge is 0.337 e. The van der Waals surface area contributed by atoms with E-state index < -0.39 is 220 Å². The Balaban J connectivity index is 1.17. The van der Waals surface area contributed by atoms with Crippen LogP contribution in [0.3, 0.4) is 0 Å². The third-order valence-electron chi connectivity index (χ3n) is 12.8. The maximum atomic E-state index is 13.2. The van der Waals surface area contributed by atoms with Crippen molar-refractivity contribution < 1.29 is 182 Å². The first kappa shape index (κ1) is 61.0. The predicted molar refractivity (Wildman–Crippen MR) is 216 cm³/mol. The summed E-state index contributed by atoms with van der Waals surface area (Å²) in [5.41, 5.74) is 0. The number of aliphatic hydroxyl groups is 14. The van der Waals surface area contributed by atoms with E-state index in [-0.39, 0.29) is 0 Å². The van der Waals surface area contributed by atoms with E-state index in [1.54, 1.807) is 0 Å². The second kappa shape index (κ2) is 24.9. The van der Waals surface area contributed by atoms with Crippen LogP contribution in [0.2, 0.25) is 0 Å². The van der Waals surface area contributed by atoms with Crippen molar-refractivity contribution in [2.45, 2.75) is 184 Å². The first-order chi connectivity index (χ1) is 35.6. The van der Waals surface area contributed by atoms with E-state index in [4.69, 9.17) is 56.8 Å². The molecular formula is C39H56O37. The van der Waals surface area contributed by atoms with Gasteiger partial charge in [0.05, 0.1) is 21.3 Å². The van der Waals surface area contributed by atoms with E-state index >= 15 is 0 Å². The van der Waals surface area contributed by atoms with Gasteiger partial charge in [0.2, 0.25) is 0 Å². The van der Waals surface area contributed by atoms with Crippen molar-refractivity contribution in [1.29, 1.82) is 0 Å². The lowest BCUT2D eigenvalue weighted by Gasteiger charge is -2.49. The Morgan fingerprint density at radius 2 is 0.500 bits per heavy atom. The van der Waals surface area contributed by atoms with E-state index in [0.29, 0.717) is 0 Å². The molecule has 6 fully saturated rings. The Morgan fingerprint density at radius 3 is 0.776 bits per heavy atom. The van der Waals surface area contributed by atoms with E-state index in [9.17, 15) is 116 Å². The fourth-order valence-electron chi connectivity index (χ4n) is 8.66. The quantitative estimate of drug-likeness (QED) is 0.0504. The van der Waals surface area contributed by atoms with Crippen molar-refractivity contribution in [3.8, 4) is 0 Å². The lowest BCUT2D eigenvalue weighted by molar-refractivity contribution is -0.386. The second-order valence-corrected chi connectivity index (χ2v) is 17.5. The molecule has 0 amide bonds. The number of carbonyl (C=O) groups is 6. The van der Waals surface area contributed by atoms with Gasteiger partial charge in [0.15, 0.2) is 74.4 Å². The molecule has 6 rings (SSSR count). The Bertz CT molecular complexity index is 2050. The summed E-state index contributed by atoms with van der Waals surface area (Å²) in [6, 6.07) is 0. The first-order valence-electron chi connectivity index (χ1n) is 22.3. The van der Waals surface area contributed by atoms with Gasteiger partial charge in [-0.25, -0.2) is 28.8 Å². The molecule has 37 nitrogen and oxygen atoms in total. The maximum Gasteiger partial charge on any atom is 0.337 e. The number of aliphatic hydroxyl groups excluding tert-OH is 14. The molecule has 0 aromatic heterocycles. The number of rotatable bonds is 16. The Hall–Kier alpha value is -4.18. The number of carboxylic acid groups (broad SMARTS) is 3. The molecule has 434 valence electrons. The normalized spacial score (nSPS) is 48.0. The number of hydrogen-bond acceptors (Lipinski definition) is 34. The van der Waals surface area contributed by atoms with Crippen molar-refractivity contribution in [2.24, 2.45) is 0 Å². The van der Waals surface area contributed by atoms with E-state index in [2.05, 4.69) is 9.47 Å². The lowest BCUT2D eigenvalue weighted by Crippen LogP contribution is -2.69. The molecule has 30 atom stereocenters. The number of esters is 3. The highest BCUT2D eigenvalue weighted by molar-refractivity contribution is 5.77. The van der Waals surface area contributed by atoms with Crippen LogP contribution in [0.4, 0.5) is 0 Å². The Labute approximate surface area is 423 Å². The minimum atomic E-state index is -2.51. The molecule has 6 aliphatic rings. The lowest BCUT2D eigenvalue weighted by atomic mass is 9.94. The van der Waals surface area contributed by atoms with Gasteiger partial charge >= 0.3 is 35.8 Å². The summed E-state index contributed by atoms with van der Waals surface area (Å²) in [7, 11) is 2.32. The molecule has 6 heterocycles. The summed E-state index contributed by atoms with van der Waals surface area (Å²) in [4.78, 5) is 75.2. The van der Waals surface area contributed by atoms with Crippen molar-refractivity contribution >= 4 is 35.8 Å². The molecule has 76 heavy (non-hydrogen) atoms. The molecule has 1 unspecified atom stereocenters. The molecular weight excluding hydrogens is 1060 g/mol. The first-order valence-corrected chi connectivity index (χ1v) is 22.3. The molecule has 0 aliphatic carbocycles. The summed E-state index contributed by atoms with van der Waals surface area (Å²) in [5.74, 6) is -10.2. The van der Waals surface area contributed by atoms with Crippen molar-refractivity contribution in [3.05, 3.63) is 0 Å². The average molecular weight is 1120 g/mol. The summed E-state index contributed by atoms with van der Waals surface area (Å²) in [6.45, 7) is 0. The molecule has 0 saturated carbocycles. The van der Waals surface area contributed by atoms with Gasteiger partial charge in [0, 0.05) is 0 Å². The summed E-state index contributed by atoms with van der Waals surface area (Å²) >= 11 is 0. The van der Waals surface area contributed by atoms with Gasteiger partial charge in [-0.15, -0.1) is 0 Å². The van der Waals surface area contributed by atoms with Gasteiger partial charge in [-0.2, -0.15) is 0 Å². The zero-order valence-electron chi connectivity index (χ0n) is 39.1. The topological polar surface area (TPSA) is 576 Å². The molecule has 0 aromatic carbocycles. The van der Waals surface area contributed by atoms with Crippen LogP contribution in [-0.2, 0) is 95.1 Å². The number of aliphatic carboxylic acids is 3. The SMILES string of the molecule is COC(=O)[C@H]1O[C@H](O[C@@H]2[C@H](O)[C@@H](O)[C@@H](O[C@@H]3[C@H](O)[C@@H](O)[C@@H](O[C@@H]4[C@H](O)[C@@H](O)C(O)O[C@@H]4C(=O)O)O[C@@H]3C(=O)OC)O[C@@H]2C(=O)OC)[C@H](O)[C@@H](O)[C@H]1O[C@H]1O[C@H](C(=O)O)[C@H](O[C@H]2O[C@H](C(=O)O)[C@H](O)[C@H](O)[C@H]2O)[C@H](O)[C@H]1O. The highest BCUT2D eigenvalue weighted by Crippen LogP contribution is 2.37. The summed E-state index contributed by atoms with van der Waals surface area (Å²) < 4.78 is 72.7. The van der Waals surface area contributed by atoms with Gasteiger partial charge in [0.25, 0.3) is 0 Å². The molecule has 0 bridgehead atoms. The third kappa shape index (κ3) is 12.0. The zero-order chi connectivity index (χ0) is 56.7. The van der Waals surface area contributed by atoms with Crippen molar-refractivity contribution in [3.63, 3.8) is 0 Å². The Kier molecular flexibility index (Phi) is 20.0. The van der Waals surface area contributed by atoms with Crippen LogP contribution < -0.4 is 0 Å². The molecule has 6 aliphatic heterocycles. The molecule has 17 N–H and O–H groups in total. The molecule has 37 heteroatoms. The van der Waals surface area contributed by atoms with Gasteiger partial charge in [0.1, 0.15) is 110 Å². The number of ether oxygens (including phenoxy) is 14. The molecule has 0 spiro atoms. The van der Waals surface area contributed by atoms with Crippen LogP contribution in [0.15, 0.2) is 0 Å². The zero-order valence-corrected chi connectivity index (χ0v) is 39.1. The molecule has 0 radical (unpaired) electrons. The average Bonchev–Trinajstić information content (AvgIpc) is 3.39. The van der Waals surface area contributed by atoms with Crippen LogP contribution in [0, 0.1) is 0 Å². The molecule has 0 aromatic rings. The number of carbonyl (C=O) groups excluding carboxylic acids is 3. The number of carboxylic acids is 3. The monoisotopic (exact) mass is 1120 g/mol. The van der Waals surface area contributed by atoms with Crippen molar-refractivity contribution in [1.82, 2.24) is 0 Å². The van der Waals surface area contributed by atoms with Crippen molar-refractivity contribution in [2.75, 3.05) is 21.3 Å². The third-order valence-corrected chi connectivity index (χ3v) is 12.8. The van der Waals surface area contributed by atoms with E-state index in [0.717, 1.165) is 21.3 Å². The van der Waals surface area contributed by atoms with E-state index in [1.165, 1.54) is 0 Å². The van der Waals surface area contributed by atoms with Gasteiger partial charge in [-0.3, -0.25) is 0 Å². The van der Waals surface area contributed by atoms with Crippen LogP contribution >= 0.6 is 0 Å². The van der Waals surface area contributed by atoms with Crippen LogP contribution in [0.5, 0.6) is 0 Å². The van der Waals surface area contributed by atoms with Crippen LogP contribution in [0.1, 0.15) is 0 Å². The van der Waals surface area contributed by atoms with Crippen LogP contribution in [0.25, 0.3) is 0 Å². The minimum absolute atomic E-state index is 0.761. The Morgan fingerprint density at radius 1 is 0.276 bits per heavy atom. The standard InChI is InChI=1S/C39H56O37/c1-63-32(60)25-19(69-36-13(49)7(43)18(24(73-36)30(57)58)68-35-12(48)4(40)5(41)22(72-35)28(53)54)9(45)15(51)38(75-25)71-21-10(46)16(52)39(76-27(21)34(62)65-3)70-20-8(44)14(50)37(74-26(20)33(61)64-2)67-17-6(42)11(47)31(59)66-23(17)29(55)56/h4-27,31,35-52,59H,1-3H3,(H,53,54)(H,55,56)(H,57,58)/t4-,5+,6+,7+,8+,9+,10+,11+,12+,13+,14+,15+,16+,17+,18+,19+,20+,21+,22-,23-,24-,25-,26-,27-,31?,35-,36-,37-,38-,39-/m0/s1. The maximum absolute atomic E-state index is 13.2. The minimum Gasteiger partial charge on any atom is -0.479 e. The van der Waals surface area contributed by atoms with E-state index in [1.807, 2.05) is 0 Å².